The van der Waals surface area contributed by atoms with Crippen molar-refractivity contribution in [2.24, 2.45) is 0 Å². The summed E-state index contributed by atoms with van der Waals surface area (Å²) in [4.78, 5) is 3.86. The molecule has 0 aliphatic heterocycles. The normalized spacial score (nSPS) is 11.1. The van der Waals surface area contributed by atoms with Gasteiger partial charge in [0.1, 0.15) is 12.2 Å². The van der Waals surface area contributed by atoms with Gasteiger partial charge in [0.25, 0.3) is 0 Å². The summed E-state index contributed by atoms with van der Waals surface area (Å²) in [5.74, 6) is 0.540. The van der Waals surface area contributed by atoms with E-state index in [9.17, 15) is 13.2 Å². The van der Waals surface area contributed by atoms with Crippen molar-refractivity contribution in [3.8, 4) is 6.07 Å². The van der Waals surface area contributed by atoms with Gasteiger partial charge in [0, 0.05) is 5.69 Å². The first-order chi connectivity index (χ1) is 9.00. The fraction of sp³-hybridized carbons (Fsp3) is 0.182. The number of aromatic nitrogens is 3. The highest BCUT2D eigenvalue weighted by Crippen LogP contribution is 2.32. The number of anilines is 1. The molecular weight excluding hydrogens is 259 g/mol. The molecule has 2 aromatic rings. The Morgan fingerprint density at radius 2 is 2.16 bits per heavy atom. The number of halogens is 3. The van der Waals surface area contributed by atoms with Crippen LogP contribution in [-0.4, -0.2) is 15.2 Å². The number of nitriles is 1. The van der Waals surface area contributed by atoms with E-state index in [1.807, 2.05) is 0 Å². The number of hydrogen-bond donors (Lipinski definition) is 2. The second kappa shape index (κ2) is 4.97. The van der Waals surface area contributed by atoms with E-state index in [2.05, 4.69) is 20.5 Å². The topological polar surface area (TPSA) is 77.4 Å². The zero-order valence-electron chi connectivity index (χ0n) is 9.49. The van der Waals surface area contributed by atoms with Gasteiger partial charge in [-0.25, -0.2) is 4.98 Å². The lowest BCUT2D eigenvalue weighted by Crippen LogP contribution is -2.09. The largest absolute Gasteiger partial charge is 0.417 e. The van der Waals surface area contributed by atoms with Gasteiger partial charge in [-0.05, 0) is 18.2 Å². The lowest BCUT2D eigenvalue weighted by atomic mass is 10.1. The molecule has 2 rings (SSSR count). The minimum atomic E-state index is -4.53. The summed E-state index contributed by atoms with van der Waals surface area (Å²) >= 11 is 0. The van der Waals surface area contributed by atoms with Crippen LogP contribution in [0.1, 0.15) is 17.0 Å². The lowest BCUT2D eigenvalue weighted by Gasteiger charge is -2.10. The van der Waals surface area contributed by atoms with Crippen molar-refractivity contribution in [1.29, 1.82) is 5.26 Å². The predicted octanol–water partition coefficient (Wildman–Crippen LogP) is 2.31. The van der Waals surface area contributed by atoms with Crippen LogP contribution < -0.4 is 5.32 Å². The number of alkyl halides is 3. The molecule has 19 heavy (non-hydrogen) atoms. The minimum absolute atomic E-state index is 0.274. The second-order valence-electron chi connectivity index (χ2n) is 3.66. The van der Waals surface area contributed by atoms with E-state index < -0.39 is 17.3 Å². The molecule has 0 aliphatic rings. The maximum Gasteiger partial charge on any atom is 0.417 e. The summed E-state index contributed by atoms with van der Waals surface area (Å²) < 4.78 is 37.7. The third-order valence-corrected chi connectivity index (χ3v) is 2.37. The first kappa shape index (κ1) is 12.9. The molecule has 5 nitrogen and oxygen atoms in total. The Morgan fingerprint density at radius 3 is 2.74 bits per heavy atom. The van der Waals surface area contributed by atoms with Gasteiger partial charge < -0.3 is 5.32 Å². The smallest absolute Gasteiger partial charge is 0.378 e. The van der Waals surface area contributed by atoms with Crippen LogP contribution in [-0.2, 0) is 12.7 Å². The Balaban J connectivity index is 2.18. The van der Waals surface area contributed by atoms with Gasteiger partial charge in [0.15, 0.2) is 0 Å². The van der Waals surface area contributed by atoms with Gasteiger partial charge in [-0.3, -0.25) is 5.10 Å². The summed E-state index contributed by atoms with van der Waals surface area (Å²) in [5.41, 5.74) is -0.962. The van der Waals surface area contributed by atoms with Crippen LogP contribution >= 0.6 is 0 Å². The number of benzene rings is 1. The molecule has 0 amide bonds. The molecule has 1 heterocycles. The Labute approximate surface area is 106 Å². The molecule has 0 aliphatic carbocycles. The van der Waals surface area contributed by atoms with Crippen LogP contribution in [0.4, 0.5) is 18.9 Å². The van der Waals surface area contributed by atoms with Crippen molar-refractivity contribution < 1.29 is 13.2 Å². The van der Waals surface area contributed by atoms with Crippen LogP contribution in [0.25, 0.3) is 0 Å². The average Bonchev–Trinajstić information content (AvgIpc) is 2.88. The highest BCUT2D eigenvalue weighted by molar-refractivity contribution is 5.53. The van der Waals surface area contributed by atoms with E-state index in [0.29, 0.717) is 11.5 Å². The number of rotatable bonds is 3. The Bertz CT molecular complexity index is 598. The van der Waals surface area contributed by atoms with Crippen molar-refractivity contribution >= 4 is 5.69 Å². The first-order valence-corrected chi connectivity index (χ1v) is 5.20. The zero-order chi connectivity index (χ0) is 13.9. The Hall–Kier alpha value is -2.56. The number of H-pyrrole nitrogens is 1. The number of hydrogen-bond acceptors (Lipinski definition) is 4. The maximum atomic E-state index is 12.6. The molecule has 8 heteroatoms. The van der Waals surface area contributed by atoms with Gasteiger partial charge in [-0.15, -0.1) is 0 Å². The first-order valence-electron chi connectivity index (χ1n) is 5.20. The van der Waals surface area contributed by atoms with E-state index in [1.54, 1.807) is 0 Å². The van der Waals surface area contributed by atoms with Crippen molar-refractivity contribution in [3.63, 3.8) is 0 Å². The molecule has 0 fully saturated rings. The molecule has 0 atom stereocenters. The van der Waals surface area contributed by atoms with Crippen LogP contribution in [0.3, 0.4) is 0 Å². The van der Waals surface area contributed by atoms with E-state index in [0.717, 1.165) is 12.1 Å². The quantitative estimate of drug-likeness (QED) is 0.894. The van der Waals surface area contributed by atoms with E-state index >= 15 is 0 Å². The van der Waals surface area contributed by atoms with Gasteiger partial charge >= 0.3 is 6.18 Å². The summed E-state index contributed by atoms with van der Waals surface area (Å²) in [6.07, 6.45) is -3.21. The van der Waals surface area contributed by atoms with Crippen molar-refractivity contribution in [2.45, 2.75) is 12.7 Å². The Morgan fingerprint density at radius 1 is 1.37 bits per heavy atom. The third kappa shape index (κ3) is 3.01. The molecular formula is C11H8F3N5. The Kier molecular flexibility index (Phi) is 3.37. The number of nitrogens with one attached hydrogen (secondary N) is 2. The molecule has 0 saturated carbocycles. The summed E-state index contributed by atoms with van der Waals surface area (Å²) in [7, 11) is 0. The molecule has 98 valence electrons. The van der Waals surface area contributed by atoms with Crippen molar-refractivity contribution in [2.75, 3.05) is 5.32 Å². The standard InChI is InChI=1S/C11H8F3N5/c12-11(13,14)9-2-1-8(3-7(9)4-15)16-5-10-17-6-18-19-10/h1-3,6,16H,5H2,(H,17,18,19). The molecule has 0 spiro atoms. The fourth-order valence-corrected chi connectivity index (χ4v) is 1.50. The predicted molar refractivity (Wildman–Crippen MR) is 59.9 cm³/mol. The fourth-order valence-electron chi connectivity index (χ4n) is 1.50. The van der Waals surface area contributed by atoms with Crippen LogP contribution in [0.15, 0.2) is 24.5 Å². The van der Waals surface area contributed by atoms with Gasteiger partial charge in [-0.2, -0.15) is 23.5 Å². The molecule has 0 saturated heterocycles. The molecule has 2 N–H and O–H groups in total. The second-order valence-corrected chi connectivity index (χ2v) is 3.66. The van der Waals surface area contributed by atoms with Gasteiger partial charge in [-0.1, -0.05) is 0 Å². The monoisotopic (exact) mass is 267 g/mol. The summed E-state index contributed by atoms with van der Waals surface area (Å²) in [5, 5.41) is 17.8. The van der Waals surface area contributed by atoms with E-state index in [1.165, 1.54) is 18.5 Å². The lowest BCUT2D eigenvalue weighted by molar-refractivity contribution is -0.137. The van der Waals surface area contributed by atoms with Gasteiger partial charge in [0.05, 0.1) is 23.7 Å². The van der Waals surface area contributed by atoms with Crippen LogP contribution in [0.5, 0.6) is 0 Å². The zero-order valence-corrected chi connectivity index (χ0v) is 9.49. The molecule has 1 aromatic carbocycles. The van der Waals surface area contributed by atoms with Gasteiger partial charge in [0.2, 0.25) is 0 Å². The summed E-state index contributed by atoms with van der Waals surface area (Å²) in [6.45, 7) is 0.274. The van der Waals surface area contributed by atoms with E-state index in [4.69, 9.17) is 5.26 Å². The average molecular weight is 267 g/mol. The molecule has 0 bridgehead atoms. The third-order valence-electron chi connectivity index (χ3n) is 2.37. The number of aromatic amines is 1. The van der Waals surface area contributed by atoms with Crippen molar-refractivity contribution in [1.82, 2.24) is 15.2 Å². The molecule has 1 aromatic heterocycles. The maximum absolute atomic E-state index is 12.6. The minimum Gasteiger partial charge on any atom is -0.378 e. The highest BCUT2D eigenvalue weighted by Gasteiger charge is 2.33. The summed E-state index contributed by atoms with van der Waals surface area (Å²) in [6, 6.07) is 4.83. The number of nitrogens with zero attached hydrogens (tertiary/aromatic N) is 3. The molecule has 0 unspecified atom stereocenters. The van der Waals surface area contributed by atoms with Crippen LogP contribution in [0, 0.1) is 11.3 Å². The van der Waals surface area contributed by atoms with E-state index in [-0.39, 0.29) is 6.54 Å². The van der Waals surface area contributed by atoms with Crippen molar-refractivity contribution in [3.05, 3.63) is 41.5 Å². The SMILES string of the molecule is N#Cc1cc(NCc2ncn[nH]2)ccc1C(F)(F)F. The van der Waals surface area contributed by atoms with Crippen LogP contribution in [0.2, 0.25) is 0 Å². The molecule has 0 radical (unpaired) electrons. The highest BCUT2D eigenvalue weighted by atomic mass is 19.4.